The van der Waals surface area contributed by atoms with Crippen molar-refractivity contribution in [3.63, 3.8) is 0 Å². The molecule has 0 aromatic carbocycles. The van der Waals surface area contributed by atoms with Gasteiger partial charge in [0.2, 0.25) is 5.88 Å². The number of hydrogen-bond donors (Lipinski definition) is 2. The lowest BCUT2D eigenvalue weighted by Crippen LogP contribution is -2.25. The lowest BCUT2D eigenvalue weighted by Gasteiger charge is -1.95. The Morgan fingerprint density at radius 1 is 1.42 bits per heavy atom. The molecule has 12 heavy (non-hydrogen) atoms. The number of aryl methyl sites for hydroxylation is 1. The van der Waals surface area contributed by atoms with Gasteiger partial charge in [0.25, 0.3) is 5.91 Å². The van der Waals surface area contributed by atoms with Crippen molar-refractivity contribution in [2.45, 2.75) is 6.92 Å². The van der Waals surface area contributed by atoms with Crippen LogP contribution in [0.25, 0.3) is 0 Å². The van der Waals surface area contributed by atoms with Crippen molar-refractivity contribution in [3.8, 4) is 0 Å². The minimum atomic E-state index is -0.117. The quantitative estimate of drug-likeness (QED) is 0.576. The van der Waals surface area contributed by atoms with Crippen LogP contribution < -0.4 is 10.6 Å². The Bertz CT molecular complexity index is 318. The molecule has 0 saturated carbocycles. The summed E-state index contributed by atoms with van der Waals surface area (Å²) in [5, 5.41) is 9.38. The molecule has 64 valence electrons. The van der Waals surface area contributed by atoms with Crippen molar-refractivity contribution < 1.29 is 9.32 Å². The molecule has 0 fully saturated rings. The molecular weight excluding hydrogens is 158 g/mol. The molecule has 2 N–H and O–H groups in total. The summed E-state index contributed by atoms with van der Waals surface area (Å²) >= 11 is 0. The molecule has 1 aliphatic rings. The van der Waals surface area contributed by atoms with E-state index in [1.54, 1.807) is 6.92 Å². The molecule has 1 aliphatic heterocycles. The van der Waals surface area contributed by atoms with E-state index in [9.17, 15) is 4.79 Å². The molecule has 1 aromatic rings. The molecule has 0 unspecified atom stereocenters. The fourth-order valence-corrected chi connectivity index (χ4v) is 1.20. The highest BCUT2D eigenvalue weighted by atomic mass is 16.5. The van der Waals surface area contributed by atoms with Gasteiger partial charge in [0, 0.05) is 13.1 Å². The first-order chi connectivity index (χ1) is 5.79. The Hall–Kier alpha value is -1.52. The van der Waals surface area contributed by atoms with Crippen molar-refractivity contribution in [1.29, 1.82) is 0 Å². The van der Waals surface area contributed by atoms with Gasteiger partial charge < -0.3 is 15.2 Å². The number of nitrogens with zero attached hydrogens (tertiary/aromatic N) is 1. The van der Waals surface area contributed by atoms with E-state index in [0.717, 1.165) is 0 Å². The van der Waals surface area contributed by atoms with Crippen molar-refractivity contribution in [3.05, 3.63) is 11.3 Å². The molecular formula is C7H9N3O2. The minimum Gasteiger partial charge on any atom is -0.352 e. The smallest absolute Gasteiger partial charge is 0.258 e. The van der Waals surface area contributed by atoms with Crippen LogP contribution in [0, 0.1) is 6.92 Å². The third-order valence-corrected chi connectivity index (χ3v) is 1.79. The number of rotatable bonds is 0. The SMILES string of the molecule is Cc1noc2c1C(=O)NCCN2. The standard InChI is InChI=1S/C7H9N3O2/c1-4-5-6(11)8-2-3-9-7(5)12-10-4/h9H,2-3H2,1H3,(H,8,11). The number of anilines is 1. The molecule has 0 atom stereocenters. The summed E-state index contributed by atoms with van der Waals surface area (Å²) in [5.41, 5.74) is 1.14. The molecule has 1 aromatic heterocycles. The van der Waals surface area contributed by atoms with Crippen LogP contribution >= 0.6 is 0 Å². The van der Waals surface area contributed by atoms with Gasteiger partial charge in [-0.25, -0.2) is 0 Å². The fourth-order valence-electron chi connectivity index (χ4n) is 1.20. The van der Waals surface area contributed by atoms with Gasteiger partial charge in [0.1, 0.15) is 5.56 Å². The van der Waals surface area contributed by atoms with Crippen LogP contribution in [0.2, 0.25) is 0 Å². The molecule has 0 bridgehead atoms. The molecule has 0 radical (unpaired) electrons. The summed E-state index contributed by atoms with van der Waals surface area (Å²) in [7, 11) is 0. The highest BCUT2D eigenvalue weighted by Gasteiger charge is 2.21. The van der Waals surface area contributed by atoms with Crippen LogP contribution in [-0.4, -0.2) is 24.2 Å². The Labute approximate surface area is 69.1 Å². The predicted octanol–water partition coefficient (Wildman–Crippen LogP) is 0.138. The third kappa shape index (κ3) is 0.939. The van der Waals surface area contributed by atoms with Crippen LogP contribution in [0.3, 0.4) is 0 Å². The van der Waals surface area contributed by atoms with E-state index < -0.39 is 0 Å². The van der Waals surface area contributed by atoms with Crippen molar-refractivity contribution in [2.24, 2.45) is 0 Å². The first-order valence-electron chi connectivity index (χ1n) is 3.77. The molecule has 0 aliphatic carbocycles. The third-order valence-electron chi connectivity index (χ3n) is 1.79. The number of aromatic nitrogens is 1. The summed E-state index contributed by atoms with van der Waals surface area (Å²) < 4.78 is 4.92. The van der Waals surface area contributed by atoms with Gasteiger partial charge in [-0.3, -0.25) is 4.79 Å². The number of nitrogens with one attached hydrogen (secondary N) is 2. The topological polar surface area (TPSA) is 67.2 Å². The predicted molar refractivity (Wildman–Crippen MR) is 42.1 cm³/mol. The number of carbonyl (C=O) groups excluding carboxylic acids is 1. The minimum absolute atomic E-state index is 0.117. The zero-order chi connectivity index (χ0) is 8.55. The molecule has 5 heteroatoms. The summed E-state index contributed by atoms with van der Waals surface area (Å²) in [5.74, 6) is 0.358. The number of amides is 1. The Morgan fingerprint density at radius 2 is 2.17 bits per heavy atom. The Kier molecular flexibility index (Phi) is 1.49. The van der Waals surface area contributed by atoms with Crippen LogP contribution in [-0.2, 0) is 0 Å². The normalized spacial score (nSPS) is 15.9. The van der Waals surface area contributed by atoms with E-state index in [1.807, 2.05) is 0 Å². The van der Waals surface area contributed by atoms with Crippen LogP contribution in [0.1, 0.15) is 16.1 Å². The lowest BCUT2D eigenvalue weighted by molar-refractivity contribution is 0.0957. The molecule has 2 heterocycles. The van der Waals surface area contributed by atoms with Gasteiger partial charge in [-0.15, -0.1) is 0 Å². The second-order valence-electron chi connectivity index (χ2n) is 2.65. The van der Waals surface area contributed by atoms with E-state index >= 15 is 0 Å². The van der Waals surface area contributed by atoms with Gasteiger partial charge in [0.05, 0.1) is 5.69 Å². The Balaban J connectivity index is 2.49. The largest absolute Gasteiger partial charge is 0.352 e. The van der Waals surface area contributed by atoms with Crippen LogP contribution in [0.4, 0.5) is 5.88 Å². The Morgan fingerprint density at radius 3 is 3.00 bits per heavy atom. The van der Waals surface area contributed by atoms with Crippen LogP contribution in [0.5, 0.6) is 0 Å². The fraction of sp³-hybridized carbons (Fsp3) is 0.429. The molecule has 1 amide bonds. The average molecular weight is 167 g/mol. The van der Waals surface area contributed by atoms with E-state index in [1.165, 1.54) is 0 Å². The second kappa shape index (κ2) is 2.51. The second-order valence-corrected chi connectivity index (χ2v) is 2.65. The summed E-state index contributed by atoms with van der Waals surface area (Å²) in [4.78, 5) is 11.3. The summed E-state index contributed by atoms with van der Waals surface area (Å²) in [6, 6.07) is 0. The van der Waals surface area contributed by atoms with Crippen LogP contribution in [0.15, 0.2) is 4.52 Å². The van der Waals surface area contributed by atoms with Gasteiger partial charge >= 0.3 is 0 Å². The molecule has 5 nitrogen and oxygen atoms in total. The lowest BCUT2D eigenvalue weighted by atomic mass is 10.2. The van der Waals surface area contributed by atoms with Gasteiger partial charge in [-0.05, 0) is 6.92 Å². The first-order valence-corrected chi connectivity index (χ1v) is 3.77. The summed E-state index contributed by atoms with van der Waals surface area (Å²) in [6.07, 6.45) is 0. The summed E-state index contributed by atoms with van der Waals surface area (Å²) in [6.45, 7) is 3.03. The highest BCUT2D eigenvalue weighted by Crippen LogP contribution is 2.19. The maximum absolute atomic E-state index is 11.3. The van der Waals surface area contributed by atoms with E-state index in [2.05, 4.69) is 15.8 Å². The number of carbonyl (C=O) groups is 1. The maximum Gasteiger partial charge on any atom is 0.258 e. The van der Waals surface area contributed by atoms with E-state index in [4.69, 9.17) is 4.52 Å². The highest BCUT2D eigenvalue weighted by molar-refractivity contribution is 5.99. The van der Waals surface area contributed by atoms with E-state index in [-0.39, 0.29) is 5.91 Å². The number of fused-ring (bicyclic) bond motifs is 1. The van der Waals surface area contributed by atoms with Gasteiger partial charge in [0.15, 0.2) is 0 Å². The van der Waals surface area contributed by atoms with Crippen molar-refractivity contribution in [2.75, 3.05) is 18.4 Å². The van der Waals surface area contributed by atoms with Crippen molar-refractivity contribution in [1.82, 2.24) is 10.5 Å². The monoisotopic (exact) mass is 167 g/mol. The number of hydrogen-bond acceptors (Lipinski definition) is 4. The zero-order valence-corrected chi connectivity index (χ0v) is 6.68. The van der Waals surface area contributed by atoms with Crippen molar-refractivity contribution >= 4 is 11.8 Å². The maximum atomic E-state index is 11.3. The van der Waals surface area contributed by atoms with Gasteiger partial charge in [-0.1, -0.05) is 5.16 Å². The molecule has 0 spiro atoms. The molecule has 2 rings (SSSR count). The first kappa shape index (κ1) is 7.15. The van der Waals surface area contributed by atoms with Gasteiger partial charge in [-0.2, -0.15) is 0 Å². The zero-order valence-electron chi connectivity index (χ0n) is 6.68. The average Bonchev–Trinajstić information content (AvgIpc) is 2.29. The molecule has 0 saturated heterocycles. The van der Waals surface area contributed by atoms with E-state index in [0.29, 0.717) is 30.2 Å².